The Morgan fingerprint density at radius 2 is 1.85 bits per heavy atom. The van der Waals surface area contributed by atoms with E-state index in [1.165, 1.54) is 16.7 Å². The second-order valence-electron chi connectivity index (χ2n) is 7.83. The number of nitrogens with zero attached hydrogens (tertiary/aromatic N) is 3. The normalized spacial score (nSPS) is 21.3. The monoisotopic (exact) mass is 559 g/mol. The van der Waals surface area contributed by atoms with E-state index in [0.29, 0.717) is 15.6 Å². The van der Waals surface area contributed by atoms with Gasteiger partial charge in [-0.3, -0.25) is 9.69 Å². The van der Waals surface area contributed by atoms with Gasteiger partial charge in [0.1, 0.15) is 4.32 Å². The number of rotatable bonds is 4. The van der Waals surface area contributed by atoms with E-state index >= 15 is 0 Å². The van der Waals surface area contributed by atoms with E-state index in [1.54, 1.807) is 10.8 Å². The van der Waals surface area contributed by atoms with Gasteiger partial charge in [0.25, 0.3) is 5.91 Å². The summed E-state index contributed by atoms with van der Waals surface area (Å²) in [7, 11) is -3.13. The van der Waals surface area contributed by atoms with Gasteiger partial charge in [0, 0.05) is 21.8 Å². The number of thioether (sulfide) groups is 1. The predicted molar refractivity (Wildman–Crippen MR) is 139 cm³/mol. The van der Waals surface area contributed by atoms with Gasteiger partial charge in [-0.25, -0.2) is 13.1 Å². The van der Waals surface area contributed by atoms with Gasteiger partial charge in [-0.15, -0.1) is 0 Å². The van der Waals surface area contributed by atoms with Crippen molar-refractivity contribution in [1.82, 2.24) is 14.7 Å². The highest BCUT2D eigenvalue weighted by Crippen LogP contribution is 2.37. The third kappa shape index (κ3) is 4.57. The van der Waals surface area contributed by atoms with E-state index in [1.807, 2.05) is 60.8 Å². The van der Waals surface area contributed by atoms with Crippen LogP contribution in [0.15, 0.2) is 70.2 Å². The summed E-state index contributed by atoms with van der Waals surface area (Å²) in [5.41, 5.74) is 3.33. The van der Waals surface area contributed by atoms with E-state index < -0.39 is 15.9 Å². The fourth-order valence-electron chi connectivity index (χ4n) is 3.95. The van der Waals surface area contributed by atoms with Crippen molar-refractivity contribution in [3.63, 3.8) is 0 Å². The zero-order valence-electron chi connectivity index (χ0n) is 17.2. The first kappa shape index (κ1) is 22.5. The van der Waals surface area contributed by atoms with Gasteiger partial charge in [-0.1, -0.05) is 70.2 Å². The summed E-state index contributed by atoms with van der Waals surface area (Å²) in [6.45, 7) is 0. The number of hydrogen-bond acceptors (Lipinski definition) is 6. The number of benzene rings is 2. The van der Waals surface area contributed by atoms with Crippen molar-refractivity contribution in [2.24, 2.45) is 0 Å². The lowest BCUT2D eigenvalue weighted by Crippen LogP contribution is -2.39. The number of thiocarbonyl (C=S) groups is 1. The molecule has 0 bridgehead atoms. The predicted octanol–water partition coefficient (Wildman–Crippen LogP) is 4.69. The number of para-hydroxylation sites is 1. The van der Waals surface area contributed by atoms with Crippen molar-refractivity contribution in [1.29, 1.82) is 0 Å². The van der Waals surface area contributed by atoms with Crippen molar-refractivity contribution < 1.29 is 13.2 Å². The Hall–Kier alpha value is -2.27. The third-order valence-electron chi connectivity index (χ3n) is 5.56. The summed E-state index contributed by atoms with van der Waals surface area (Å²) >= 11 is 10.1. The molecule has 10 heteroatoms. The van der Waals surface area contributed by atoms with Crippen LogP contribution in [0.3, 0.4) is 0 Å². The number of carbonyl (C=O) groups is 1. The van der Waals surface area contributed by atoms with Gasteiger partial charge < -0.3 is 0 Å². The molecule has 2 aliphatic rings. The van der Waals surface area contributed by atoms with Crippen LogP contribution in [0.4, 0.5) is 0 Å². The molecule has 3 heterocycles. The first-order valence-electron chi connectivity index (χ1n) is 10.2. The minimum absolute atomic E-state index is 0.0389. The Morgan fingerprint density at radius 1 is 1.12 bits per heavy atom. The summed E-state index contributed by atoms with van der Waals surface area (Å²) in [5.74, 6) is -0.199. The van der Waals surface area contributed by atoms with E-state index in [-0.39, 0.29) is 17.4 Å². The average Bonchev–Trinajstić information content (AvgIpc) is 3.45. The maximum Gasteiger partial charge on any atom is 0.266 e. The molecule has 33 heavy (non-hydrogen) atoms. The molecular weight excluding hydrogens is 542 g/mol. The quantitative estimate of drug-likeness (QED) is 0.341. The van der Waals surface area contributed by atoms with Crippen LogP contribution in [0.25, 0.3) is 23.0 Å². The van der Waals surface area contributed by atoms with Crippen molar-refractivity contribution in [3.8, 4) is 16.9 Å². The molecule has 1 aromatic heterocycles. The van der Waals surface area contributed by atoms with Crippen LogP contribution in [0.1, 0.15) is 12.0 Å². The molecule has 0 radical (unpaired) electrons. The Bertz CT molecular complexity index is 1380. The molecule has 0 unspecified atom stereocenters. The zero-order chi connectivity index (χ0) is 23.2. The van der Waals surface area contributed by atoms with E-state index in [4.69, 9.17) is 17.3 Å². The Balaban J connectivity index is 1.54. The van der Waals surface area contributed by atoms with Gasteiger partial charge in [0.05, 0.1) is 33.8 Å². The number of halogens is 1. The molecule has 2 fully saturated rings. The number of hydrogen-bond donors (Lipinski definition) is 0. The topological polar surface area (TPSA) is 72.3 Å². The van der Waals surface area contributed by atoms with Crippen molar-refractivity contribution in [2.75, 3.05) is 11.5 Å². The Morgan fingerprint density at radius 3 is 2.52 bits per heavy atom. The second kappa shape index (κ2) is 8.83. The van der Waals surface area contributed by atoms with Gasteiger partial charge in [0.15, 0.2) is 9.84 Å². The molecule has 2 aliphatic heterocycles. The highest BCUT2D eigenvalue weighted by Gasteiger charge is 2.42. The van der Waals surface area contributed by atoms with Crippen LogP contribution >= 0.6 is 39.9 Å². The summed E-state index contributed by atoms with van der Waals surface area (Å²) in [4.78, 5) is 15.1. The first-order chi connectivity index (χ1) is 15.8. The Kier molecular flexibility index (Phi) is 6.02. The summed E-state index contributed by atoms with van der Waals surface area (Å²) < 4.78 is 27.0. The zero-order valence-corrected chi connectivity index (χ0v) is 21.3. The molecule has 2 aromatic carbocycles. The minimum atomic E-state index is -3.13. The van der Waals surface area contributed by atoms with E-state index in [2.05, 4.69) is 15.9 Å². The fourth-order valence-corrected chi connectivity index (χ4v) is 7.31. The third-order valence-corrected chi connectivity index (χ3v) is 9.17. The molecule has 6 nitrogen and oxygen atoms in total. The molecule has 1 amide bonds. The van der Waals surface area contributed by atoms with Gasteiger partial charge in [-0.05, 0) is 36.8 Å². The first-order valence-corrected chi connectivity index (χ1v) is 14.0. The lowest BCUT2D eigenvalue weighted by molar-refractivity contribution is -0.123. The largest absolute Gasteiger partial charge is 0.289 e. The number of amides is 1. The van der Waals surface area contributed by atoms with Crippen LogP contribution in [0.5, 0.6) is 0 Å². The number of aromatic nitrogens is 2. The van der Waals surface area contributed by atoms with Crippen molar-refractivity contribution in [2.45, 2.75) is 12.5 Å². The van der Waals surface area contributed by atoms with Crippen molar-refractivity contribution in [3.05, 3.63) is 75.7 Å². The van der Waals surface area contributed by atoms with E-state index in [9.17, 15) is 13.2 Å². The standard InChI is InChI=1S/C23H18BrN3O3S3/c24-17-8-6-15(7-9-17)21-16(13-26(25-21)18-4-2-1-3-5-18)12-20-22(28)27(23(31)32-20)19-10-11-33(29,30)14-19/h1-9,12-13,19H,10-11,14H2/b20-12-/t19-/m0/s1. The number of carbonyl (C=O) groups excluding carboxylic acids is 1. The molecule has 3 aromatic rings. The van der Waals surface area contributed by atoms with Crippen molar-refractivity contribution >= 4 is 66.1 Å². The Labute approximate surface area is 209 Å². The summed E-state index contributed by atoms with van der Waals surface area (Å²) in [6, 6.07) is 17.2. The molecule has 5 rings (SSSR count). The van der Waals surface area contributed by atoms with Gasteiger partial charge in [-0.2, -0.15) is 5.10 Å². The fraction of sp³-hybridized carbons (Fsp3) is 0.174. The molecule has 1 atom stereocenters. The highest BCUT2D eigenvalue weighted by atomic mass is 79.9. The molecule has 0 saturated carbocycles. The summed E-state index contributed by atoms with van der Waals surface area (Å²) in [5, 5.41) is 4.79. The maximum atomic E-state index is 13.2. The van der Waals surface area contributed by atoms with Crippen LogP contribution < -0.4 is 0 Å². The van der Waals surface area contributed by atoms with E-state index in [0.717, 1.165) is 27.0 Å². The molecule has 0 spiro atoms. The number of sulfone groups is 1. The lowest BCUT2D eigenvalue weighted by atomic mass is 10.1. The van der Waals surface area contributed by atoms with Gasteiger partial charge >= 0.3 is 0 Å². The minimum Gasteiger partial charge on any atom is -0.289 e. The van der Waals surface area contributed by atoms with Crippen LogP contribution in [0.2, 0.25) is 0 Å². The molecular formula is C23H18BrN3O3S3. The lowest BCUT2D eigenvalue weighted by Gasteiger charge is -2.20. The second-order valence-corrected chi connectivity index (χ2v) is 12.6. The highest BCUT2D eigenvalue weighted by molar-refractivity contribution is 9.10. The van der Waals surface area contributed by atoms with Crippen LogP contribution in [-0.4, -0.2) is 50.9 Å². The molecule has 2 saturated heterocycles. The average molecular weight is 561 g/mol. The summed E-state index contributed by atoms with van der Waals surface area (Å²) in [6.07, 6.45) is 4.10. The molecule has 0 N–H and O–H groups in total. The van der Waals surface area contributed by atoms with Crippen LogP contribution in [-0.2, 0) is 14.6 Å². The SMILES string of the molecule is O=C1/C(=C/c2cn(-c3ccccc3)nc2-c2ccc(Br)cc2)SC(=S)N1[C@H]1CCS(=O)(=O)C1. The molecule has 168 valence electrons. The molecule has 0 aliphatic carbocycles. The van der Waals surface area contributed by atoms with Crippen LogP contribution in [0, 0.1) is 0 Å². The smallest absolute Gasteiger partial charge is 0.266 e. The maximum absolute atomic E-state index is 13.2. The van der Waals surface area contributed by atoms with Gasteiger partial charge in [0.2, 0.25) is 0 Å².